The van der Waals surface area contributed by atoms with E-state index in [4.69, 9.17) is 23.2 Å². The third-order valence-corrected chi connectivity index (χ3v) is 4.63. The Labute approximate surface area is 120 Å². The van der Waals surface area contributed by atoms with Crippen LogP contribution < -0.4 is 5.32 Å². The van der Waals surface area contributed by atoms with E-state index in [1.165, 1.54) is 37.7 Å². The van der Waals surface area contributed by atoms with Crippen molar-refractivity contribution in [2.75, 3.05) is 6.54 Å². The van der Waals surface area contributed by atoms with Gasteiger partial charge in [0, 0.05) is 5.54 Å². The first-order chi connectivity index (χ1) is 8.68. The molecule has 1 heterocycles. The molecule has 2 rings (SSSR count). The maximum atomic E-state index is 6.18. The fourth-order valence-corrected chi connectivity index (χ4v) is 3.27. The third-order valence-electron chi connectivity index (χ3n) is 3.89. The largest absolute Gasteiger partial charge is 0.307 e. The van der Waals surface area contributed by atoms with E-state index in [0.29, 0.717) is 10.0 Å². The minimum Gasteiger partial charge on any atom is -0.307 e. The first kappa shape index (κ1) is 14.2. The number of benzene rings is 1. The normalized spacial score (nSPS) is 24.8. The van der Waals surface area contributed by atoms with Gasteiger partial charge >= 0.3 is 0 Å². The monoisotopic (exact) mass is 285 g/mol. The second-order valence-corrected chi connectivity index (χ2v) is 6.01. The quantitative estimate of drug-likeness (QED) is 0.810. The molecule has 0 amide bonds. The maximum Gasteiger partial charge on any atom is 0.0595 e. The molecule has 0 aliphatic carbocycles. The second kappa shape index (κ2) is 6.27. The molecule has 0 radical (unpaired) electrons. The van der Waals surface area contributed by atoms with Crippen LogP contribution in [0.2, 0.25) is 10.0 Å². The fourth-order valence-electron chi connectivity index (χ4n) is 2.97. The zero-order chi connectivity index (χ0) is 13.0. The van der Waals surface area contributed by atoms with E-state index >= 15 is 0 Å². The summed E-state index contributed by atoms with van der Waals surface area (Å²) in [5.74, 6) is 0. The zero-order valence-corrected chi connectivity index (χ0v) is 12.4. The van der Waals surface area contributed by atoms with Crippen molar-refractivity contribution in [2.45, 2.75) is 51.0 Å². The van der Waals surface area contributed by atoms with E-state index in [-0.39, 0.29) is 5.54 Å². The number of rotatable bonds is 3. The Kier molecular flexibility index (Phi) is 4.94. The van der Waals surface area contributed by atoms with E-state index in [1.807, 2.05) is 12.1 Å². The molecule has 1 N–H and O–H groups in total. The standard InChI is InChI=1S/C15H21Cl2N/c1-2-8-15(9-4-3-5-10-18-15)12-6-7-13(16)14(17)11-12/h6-7,11,18H,2-5,8-10H2,1H3. The molecule has 0 saturated carbocycles. The molecule has 1 aliphatic rings. The molecule has 18 heavy (non-hydrogen) atoms. The van der Waals surface area contributed by atoms with Crippen LogP contribution in [0.15, 0.2) is 18.2 Å². The molecule has 100 valence electrons. The van der Waals surface area contributed by atoms with Crippen LogP contribution in [0.25, 0.3) is 0 Å². The van der Waals surface area contributed by atoms with Gasteiger partial charge in [-0.3, -0.25) is 0 Å². The average Bonchev–Trinajstić information content (AvgIpc) is 2.60. The highest BCUT2D eigenvalue weighted by Crippen LogP contribution is 2.36. The summed E-state index contributed by atoms with van der Waals surface area (Å²) in [4.78, 5) is 0. The van der Waals surface area contributed by atoms with Crippen LogP contribution in [-0.4, -0.2) is 6.54 Å². The predicted octanol–water partition coefficient (Wildman–Crippen LogP) is 5.15. The first-order valence-electron chi connectivity index (χ1n) is 6.88. The molecule has 0 spiro atoms. The molecule has 1 atom stereocenters. The average molecular weight is 286 g/mol. The smallest absolute Gasteiger partial charge is 0.0595 e. The Morgan fingerprint density at radius 1 is 1.17 bits per heavy atom. The van der Waals surface area contributed by atoms with Gasteiger partial charge in [0.15, 0.2) is 0 Å². The summed E-state index contributed by atoms with van der Waals surface area (Å²) in [5, 5.41) is 5.06. The van der Waals surface area contributed by atoms with E-state index in [0.717, 1.165) is 13.0 Å². The van der Waals surface area contributed by atoms with Gasteiger partial charge in [-0.15, -0.1) is 0 Å². The number of nitrogens with one attached hydrogen (secondary N) is 1. The van der Waals surface area contributed by atoms with E-state index in [2.05, 4.69) is 18.3 Å². The van der Waals surface area contributed by atoms with Gasteiger partial charge in [0.25, 0.3) is 0 Å². The van der Waals surface area contributed by atoms with Crippen molar-refractivity contribution in [3.05, 3.63) is 33.8 Å². The van der Waals surface area contributed by atoms with Crippen molar-refractivity contribution in [2.24, 2.45) is 0 Å². The second-order valence-electron chi connectivity index (χ2n) is 5.20. The number of hydrogen-bond donors (Lipinski definition) is 1. The molecule has 0 bridgehead atoms. The summed E-state index contributed by atoms with van der Waals surface area (Å²) in [5.41, 5.74) is 1.39. The van der Waals surface area contributed by atoms with Crippen molar-refractivity contribution in [1.82, 2.24) is 5.32 Å². The summed E-state index contributed by atoms with van der Waals surface area (Å²) < 4.78 is 0. The first-order valence-corrected chi connectivity index (χ1v) is 7.64. The lowest BCUT2D eigenvalue weighted by atomic mass is 9.82. The lowest BCUT2D eigenvalue weighted by molar-refractivity contribution is 0.297. The van der Waals surface area contributed by atoms with Gasteiger partial charge < -0.3 is 5.32 Å². The molecular formula is C15H21Cl2N. The highest BCUT2D eigenvalue weighted by Gasteiger charge is 2.31. The zero-order valence-electron chi connectivity index (χ0n) is 10.9. The summed E-state index contributed by atoms with van der Waals surface area (Å²) >= 11 is 12.2. The Bertz CT molecular complexity index is 395. The highest BCUT2D eigenvalue weighted by molar-refractivity contribution is 6.42. The van der Waals surface area contributed by atoms with Gasteiger partial charge in [-0.25, -0.2) is 0 Å². The van der Waals surface area contributed by atoms with Crippen LogP contribution in [0.3, 0.4) is 0 Å². The van der Waals surface area contributed by atoms with Gasteiger partial charge in [0.05, 0.1) is 10.0 Å². The van der Waals surface area contributed by atoms with Crippen LogP contribution in [0.4, 0.5) is 0 Å². The summed E-state index contributed by atoms with van der Waals surface area (Å²) in [6.45, 7) is 3.34. The minimum absolute atomic E-state index is 0.0967. The summed E-state index contributed by atoms with van der Waals surface area (Å²) in [7, 11) is 0. The minimum atomic E-state index is 0.0967. The fraction of sp³-hybridized carbons (Fsp3) is 0.600. The molecule has 1 saturated heterocycles. The molecule has 1 aliphatic heterocycles. The molecule has 3 heteroatoms. The van der Waals surface area contributed by atoms with Gasteiger partial charge in [-0.1, -0.05) is 55.5 Å². The van der Waals surface area contributed by atoms with Crippen molar-refractivity contribution in [1.29, 1.82) is 0 Å². The maximum absolute atomic E-state index is 6.18. The van der Waals surface area contributed by atoms with Crippen LogP contribution in [0.5, 0.6) is 0 Å². The number of hydrogen-bond acceptors (Lipinski definition) is 1. The van der Waals surface area contributed by atoms with E-state index in [1.54, 1.807) is 0 Å². The van der Waals surface area contributed by atoms with Gasteiger partial charge in [-0.2, -0.15) is 0 Å². The molecule has 0 aromatic heterocycles. The SMILES string of the molecule is CCCC1(c2ccc(Cl)c(Cl)c2)CCCCCN1. The summed E-state index contributed by atoms with van der Waals surface area (Å²) in [6.07, 6.45) is 7.40. The molecule has 1 aromatic carbocycles. The van der Waals surface area contributed by atoms with Crippen LogP contribution in [-0.2, 0) is 5.54 Å². The van der Waals surface area contributed by atoms with Crippen LogP contribution in [0, 0.1) is 0 Å². The third kappa shape index (κ3) is 3.01. The Morgan fingerprint density at radius 3 is 2.72 bits per heavy atom. The van der Waals surface area contributed by atoms with Crippen molar-refractivity contribution < 1.29 is 0 Å². The van der Waals surface area contributed by atoms with Crippen LogP contribution >= 0.6 is 23.2 Å². The molecule has 1 aromatic rings. The Hall–Kier alpha value is -0.240. The molecule has 1 fully saturated rings. The van der Waals surface area contributed by atoms with Gasteiger partial charge in [0.1, 0.15) is 0 Å². The number of halogens is 2. The lowest BCUT2D eigenvalue weighted by Crippen LogP contribution is -2.41. The van der Waals surface area contributed by atoms with Crippen molar-refractivity contribution >= 4 is 23.2 Å². The predicted molar refractivity (Wildman–Crippen MR) is 79.5 cm³/mol. The lowest BCUT2D eigenvalue weighted by Gasteiger charge is -2.34. The van der Waals surface area contributed by atoms with E-state index in [9.17, 15) is 0 Å². The highest BCUT2D eigenvalue weighted by atomic mass is 35.5. The van der Waals surface area contributed by atoms with Crippen LogP contribution in [0.1, 0.15) is 51.0 Å². The molecule has 1 unspecified atom stereocenters. The molecular weight excluding hydrogens is 265 g/mol. The Balaban J connectivity index is 2.35. The van der Waals surface area contributed by atoms with Gasteiger partial charge in [-0.05, 0) is 43.5 Å². The molecule has 1 nitrogen and oxygen atoms in total. The van der Waals surface area contributed by atoms with Crippen molar-refractivity contribution in [3.63, 3.8) is 0 Å². The topological polar surface area (TPSA) is 12.0 Å². The Morgan fingerprint density at radius 2 is 2.00 bits per heavy atom. The van der Waals surface area contributed by atoms with E-state index < -0.39 is 0 Å². The van der Waals surface area contributed by atoms with Crippen molar-refractivity contribution in [3.8, 4) is 0 Å². The summed E-state index contributed by atoms with van der Waals surface area (Å²) in [6, 6.07) is 6.09. The van der Waals surface area contributed by atoms with Gasteiger partial charge in [0.2, 0.25) is 0 Å².